The van der Waals surface area contributed by atoms with Gasteiger partial charge in [0.25, 0.3) is 5.56 Å². The van der Waals surface area contributed by atoms with Gasteiger partial charge in [-0.05, 0) is 32.2 Å². The molecule has 2 rings (SSSR count). The van der Waals surface area contributed by atoms with Crippen LogP contribution in [-0.2, 0) is 12.3 Å². The SMILES string of the molecule is CCn1c(SC)nc(CSc2ccccc2)c(C)c1=O. The molecule has 0 aliphatic rings. The van der Waals surface area contributed by atoms with Crippen LogP contribution in [0.4, 0.5) is 0 Å². The molecule has 5 heteroatoms. The standard InChI is InChI=1S/C15H18N2OS2/c1-4-17-14(18)11(2)13(16-15(17)19-3)10-20-12-8-6-5-7-9-12/h5-9H,4,10H2,1-3H3. The van der Waals surface area contributed by atoms with Crippen molar-refractivity contribution >= 4 is 23.5 Å². The van der Waals surface area contributed by atoms with Gasteiger partial charge in [-0.15, -0.1) is 11.8 Å². The maximum Gasteiger partial charge on any atom is 0.257 e. The summed E-state index contributed by atoms with van der Waals surface area (Å²) in [4.78, 5) is 18.1. The number of aromatic nitrogens is 2. The maximum absolute atomic E-state index is 12.3. The van der Waals surface area contributed by atoms with Gasteiger partial charge >= 0.3 is 0 Å². The molecule has 0 spiro atoms. The predicted molar refractivity (Wildman–Crippen MR) is 86.7 cm³/mol. The summed E-state index contributed by atoms with van der Waals surface area (Å²) in [5, 5.41) is 0.798. The highest BCUT2D eigenvalue weighted by molar-refractivity contribution is 7.98. The highest BCUT2D eigenvalue weighted by Gasteiger charge is 2.12. The molecule has 0 N–H and O–H groups in total. The summed E-state index contributed by atoms with van der Waals surface area (Å²) in [5.41, 5.74) is 1.72. The van der Waals surface area contributed by atoms with Crippen molar-refractivity contribution in [2.45, 2.75) is 36.2 Å². The molecule has 0 atom stereocenters. The van der Waals surface area contributed by atoms with Gasteiger partial charge in [0.1, 0.15) is 0 Å². The van der Waals surface area contributed by atoms with Gasteiger partial charge in [-0.25, -0.2) is 4.98 Å². The third-order valence-electron chi connectivity index (χ3n) is 3.08. The van der Waals surface area contributed by atoms with E-state index in [-0.39, 0.29) is 5.56 Å². The van der Waals surface area contributed by atoms with E-state index in [0.717, 1.165) is 22.2 Å². The zero-order valence-corrected chi connectivity index (χ0v) is 13.6. The molecule has 0 saturated heterocycles. The van der Waals surface area contributed by atoms with Crippen LogP contribution < -0.4 is 5.56 Å². The molecule has 0 amide bonds. The van der Waals surface area contributed by atoms with Crippen LogP contribution in [0.15, 0.2) is 45.2 Å². The quantitative estimate of drug-likeness (QED) is 0.624. The summed E-state index contributed by atoms with van der Waals surface area (Å²) in [6.07, 6.45) is 1.96. The van der Waals surface area contributed by atoms with Crippen molar-refractivity contribution in [2.75, 3.05) is 6.26 Å². The second-order valence-corrected chi connectivity index (χ2v) is 6.14. The highest BCUT2D eigenvalue weighted by Crippen LogP contribution is 2.23. The third-order valence-corrected chi connectivity index (χ3v) is 4.78. The van der Waals surface area contributed by atoms with Crippen molar-refractivity contribution in [1.82, 2.24) is 9.55 Å². The van der Waals surface area contributed by atoms with E-state index in [1.54, 1.807) is 16.3 Å². The van der Waals surface area contributed by atoms with Crippen molar-refractivity contribution in [3.63, 3.8) is 0 Å². The van der Waals surface area contributed by atoms with E-state index in [9.17, 15) is 4.79 Å². The molecule has 106 valence electrons. The normalized spacial score (nSPS) is 10.8. The zero-order valence-electron chi connectivity index (χ0n) is 11.9. The molecule has 3 nitrogen and oxygen atoms in total. The van der Waals surface area contributed by atoms with Crippen LogP contribution in [0.2, 0.25) is 0 Å². The van der Waals surface area contributed by atoms with Gasteiger partial charge in [0, 0.05) is 22.8 Å². The molecule has 0 bridgehead atoms. The Morgan fingerprint density at radius 1 is 1.25 bits per heavy atom. The van der Waals surface area contributed by atoms with E-state index in [4.69, 9.17) is 0 Å². The number of rotatable bonds is 5. The lowest BCUT2D eigenvalue weighted by atomic mass is 10.3. The minimum absolute atomic E-state index is 0.0792. The molecule has 0 radical (unpaired) electrons. The minimum Gasteiger partial charge on any atom is -0.288 e. The van der Waals surface area contributed by atoms with Crippen molar-refractivity contribution in [3.05, 3.63) is 51.9 Å². The number of nitrogens with zero attached hydrogens (tertiary/aromatic N) is 2. The maximum atomic E-state index is 12.3. The monoisotopic (exact) mass is 306 g/mol. The molecule has 0 aliphatic carbocycles. The van der Waals surface area contributed by atoms with Gasteiger partial charge in [-0.3, -0.25) is 9.36 Å². The summed E-state index contributed by atoms with van der Waals surface area (Å²) in [6, 6.07) is 10.2. The van der Waals surface area contributed by atoms with E-state index in [1.165, 1.54) is 16.7 Å². The van der Waals surface area contributed by atoms with Crippen LogP contribution in [0.3, 0.4) is 0 Å². The van der Waals surface area contributed by atoms with E-state index < -0.39 is 0 Å². The Labute approximate surface area is 127 Å². The number of benzene rings is 1. The lowest BCUT2D eigenvalue weighted by Crippen LogP contribution is -2.26. The van der Waals surface area contributed by atoms with Gasteiger partial charge in [-0.2, -0.15) is 0 Å². The van der Waals surface area contributed by atoms with Gasteiger partial charge < -0.3 is 0 Å². The van der Waals surface area contributed by atoms with Gasteiger partial charge in [0.2, 0.25) is 0 Å². The summed E-state index contributed by atoms with van der Waals surface area (Å²) in [5.74, 6) is 0.725. The van der Waals surface area contributed by atoms with Gasteiger partial charge in [0.15, 0.2) is 5.16 Å². The first-order valence-corrected chi connectivity index (χ1v) is 8.70. The number of hydrogen-bond donors (Lipinski definition) is 0. The second-order valence-electron chi connectivity index (χ2n) is 4.32. The number of thioether (sulfide) groups is 2. The summed E-state index contributed by atoms with van der Waals surface area (Å²) < 4.78 is 1.73. The lowest BCUT2D eigenvalue weighted by molar-refractivity contribution is 0.610. The molecule has 1 aromatic heterocycles. The van der Waals surface area contributed by atoms with Crippen molar-refractivity contribution in [3.8, 4) is 0 Å². The van der Waals surface area contributed by atoms with Gasteiger partial charge in [-0.1, -0.05) is 30.0 Å². The smallest absolute Gasteiger partial charge is 0.257 e. The predicted octanol–water partition coefficient (Wildman–Crippen LogP) is 3.59. The van der Waals surface area contributed by atoms with Crippen LogP contribution in [0.25, 0.3) is 0 Å². The van der Waals surface area contributed by atoms with Crippen LogP contribution in [0, 0.1) is 6.92 Å². The Kier molecular flexibility index (Phi) is 5.31. The average molecular weight is 306 g/mol. The van der Waals surface area contributed by atoms with Gasteiger partial charge in [0.05, 0.1) is 5.69 Å². The third kappa shape index (κ3) is 3.27. The van der Waals surface area contributed by atoms with Crippen LogP contribution in [0.5, 0.6) is 0 Å². The first-order valence-electron chi connectivity index (χ1n) is 6.49. The minimum atomic E-state index is 0.0792. The average Bonchev–Trinajstić information content (AvgIpc) is 2.49. The Morgan fingerprint density at radius 2 is 1.95 bits per heavy atom. The van der Waals surface area contributed by atoms with E-state index in [1.807, 2.05) is 38.3 Å². The Morgan fingerprint density at radius 3 is 2.55 bits per heavy atom. The van der Waals surface area contributed by atoms with Crippen LogP contribution >= 0.6 is 23.5 Å². The molecule has 2 aromatic rings. The van der Waals surface area contributed by atoms with Crippen molar-refractivity contribution in [2.24, 2.45) is 0 Å². The van der Waals surface area contributed by atoms with E-state index in [2.05, 4.69) is 17.1 Å². The second kappa shape index (κ2) is 6.99. The fraction of sp³-hybridized carbons (Fsp3) is 0.333. The van der Waals surface area contributed by atoms with Crippen molar-refractivity contribution < 1.29 is 0 Å². The molecule has 20 heavy (non-hydrogen) atoms. The fourth-order valence-electron chi connectivity index (χ4n) is 1.92. The Bertz CT molecular complexity index is 638. The van der Waals surface area contributed by atoms with Crippen LogP contribution in [-0.4, -0.2) is 15.8 Å². The molecule has 1 heterocycles. The number of hydrogen-bond acceptors (Lipinski definition) is 4. The molecule has 1 aromatic carbocycles. The highest BCUT2D eigenvalue weighted by atomic mass is 32.2. The summed E-state index contributed by atoms with van der Waals surface area (Å²) in [7, 11) is 0. The fourth-order valence-corrected chi connectivity index (χ4v) is 3.48. The Hall–Kier alpha value is -1.20. The Balaban J connectivity index is 2.28. The molecular formula is C15H18N2OS2. The van der Waals surface area contributed by atoms with E-state index in [0.29, 0.717) is 6.54 Å². The summed E-state index contributed by atoms with van der Waals surface area (Å²) in [6.45, 7) is 4.50. The molecule has 0 fully saturated rings. The largest absolute Gasteiger partial charge is 0.288 e. The first-order chi connectivity index (χ1) is 9.67. The van der Waals surface area contributed by atoms with E-state index >= 15 is 0 Å². The molecule has 0 aliphatic heterocycles. The molecule has 0 saturated carbocycles. The van der Waals surface area contributed by atoms with Crippen LogP contribution in [0.1, 0.15) is 18.2 Å². The van der Waals surface area contributed by atoms with Crippen molar-refractivity contribution in [1.29, 1.82) is 0 Å². The zero-order chi connectivity index (χ0) is 14.5. The molecular weight excluding hydrogens is 288 g/mol. The molecule has 0 unspecified atom stereocenters. The summed E-state index contributed by atoms with van der Waals surface area (Å²) >= 11 is 3.23. The first kappa shape index (κ1) is 15.2. The lowest BCUT2D eigenvalue weighted by Gasteiger charge is -2.12. The topological polar surface area (TPSA) is 34.9 Å².